The second-order valence-electron chi connectivity index (χ2n) is 7.50. The zero-order valence-electron chi connectivity index (χ0n) is 18.0. The van der Waals surface area contributed by atoms with Gasteiger partial charge in [-0.05, 0) is 49.6 Å². The van der Waals surface area contributed by atoms with E-state index in [1.165, 1.54) is 23.5 Å². The van der Waals surface area contributed by atoms with Crippen molar-refractivity contribution in [1.29, 1.82) is 0 Å². The average Bonchev–Trinajstić information content (AvgIpc) is 3.08. The first kappa shape index (κ1) is 23.1. The molecular weight excluding hydrogens is 416 g/mol. The molecule has 1 aliphatic heterocycles. The van der Waals surface area contributed by atoms with E-state index in [4.69, 9.17) is 9.47 Å². The maximum Gasteiger partial charge on any atom is 0.265 e. The molecule has 7 nitrogen and oxygen atoms in total. The second kappa shape index (κ2) is 10.6. The maximum absolute atomic E-state index is 13.2. The van der Waals surface area contributed by atoms with E-state index in [0.29, 0.717) is 36.7 Å². The van der Waals surface area contributed by atoms with Gasteiger partial charge in [-0.3, -0.25) is 4.79 Å². The monoisotopic (exact) mass is 446 g/mol. The van der Waals surface area contributed by atoms with Gasteiger partial charge in [0.1, 0.15) is 11.5 Å². The van der Waals surface area contributed by atoms with Crippen LogP contribution >= 0.6 is 0 Å². The van der Waals surface area contributed by atoms with Gasteiger partial charge in [0.2, 0.25) is 10.0 Å². The lowest BCUT2D eigenvalue weighted by atomic mass is 10.2. The predicted octanol–water partition coefficient (Wildman–Crippen LogP) is 4.06. The second-order valence-corrected chi connectivity index (χ2v) is 9.44. The molecule has 8 heteroatoms. The van der Waals surface area contributed by atoms with Crippen LogP contribution in [-0.4, -0.2) is 44.9 Å². The van der Waals surface area contributed by atoms with Crippen molar-refractivity contribution in [2.45, 2.75) is 50.0 Å². The smallest absolute Gasteiger partial charge is 0.265 e. The van der Waals surface area contributed by atoms with Crippen molar-refractivity contribution in [1.82, 2.24) is 4.31 Å². The zero-order chi connectivity index (χ0) is 22.3. The average molecular weight is 447 g/mol. The number of amides is 1. The van der Waals surface area contributed by atoms with Crippen LogP contribution in [0.15, 0.2) is 53.4 Å². The van der Waals surface area contributed by atoms with Gasteiger partial charge in [-0.15, -0.1) is 0 Å². The van der Waals surface area contributed by atoms with Crippen LogP contribution in [0.25, 0.3) is 0 Å². The maximum atomic E-state index is 13.2. The molecule has 0 aromatic heterocycles. The molecule has 168 valence electrons. The number of hydrogen-bond donors (Lipinski definition) is 1. The molecule has 1 fully saturated rings. The zero-order valence-corrected chi connectivity index (χ0v) is 18.9. The highest BCUT2D eigenvalue weighted by Crippen LogP contribution is 2.30. The largest absolute Gasteiger partial charge is 0.495 e. The van der Waals surface area contributed by atoms with Crippen molar-refractivity contribution in [3.05, 3.63) is 48.5 Å². The van der Waals surface area contributed by atoms with Gasteiger partial charge in [0.05, 0.1) is 17.7 Å². The van der Waals surface area contributed by atoms with Gasteiger partial charge >= 0.3 is 0 Å². The first-order chi connectivity index (χ1) is 15.0. The molecule has 3 rings (SSSR count). The summed E-state index contributed by atoms with van der Waals surface area (Å²) in [7, 11) is -2.17. The van der Waals surface area contributed by atoms with Crippen LogP contribution in [-0.2, 0) is 14.8 Å². The van der Waals surface area contributed by atoms with Crippen molar-refractivity contribution in [2.75, 3.05) is 25.5 Å². The Morgan fingerprint density at radius 1 is 1.06 bits per heavy atom. The van der Waals surface area contributed by atoms with Crippen LogP contribution in [0.1, 0.15) is 39.0 Å². The Bertz CT molecular complexity index is 971. The molecule has 0 saturated carbocycles. The van der Waals surface area contributed by atoms with E-state index in [9.17, 15) is 13.2 Å². The Morgan fingerprint density at radius 3 is 2.35 bits per heavy atom. The Labute approximate surface area is 184 Å². The Morgan fingerprint density at radius 2 is 1.74 bits per heavy atom. The van der Waals surface area contributed by atoms with E-state index in [-0.39, 0.29) is 10.8 Å². The molecule has 1 atom stereocenters. The number of anilines is 1. The lowest BCUT2D eigenvalue weighted by Crippen LogP contribution is -2.33. The Hall–Kier alpha value is -2.58. The number of sulfonamides is 1. The number of ether oxygens (including phenoxy) is 2. The highest BCUT2D eigenvalue weighted by atomic mass is 32.2. The summed E-state index contributed by atoms with van der Waals surface area (Å²) in [5.41, 5.74) is 0.304. The minimum Gasteiger partial charge on any atom is -0.495 e. The number of carbonyl (C=O) groups is 1. The number of methoxy groups -OCH3 is 1. The van der Waals surface area contributed by atoms with Crippen molar-refractivity contribution < 1.29 is 22.7 Å². The lowest BCUT2D eigenvalue weighted by molar-refractivity contribution is -0.122. The summed E-state index contributed by atoms with van der Waals surface area (Å²) in [5, 5.41) is 2.79. The number of benzene rings is 2. The highest BCUT2D eigenvalue weighted by molar-refractivity contribution is 7.89. The molecule has 0 bridgehead atoms. The van der Waals surface area contributed by atoms with Crippen molar-refractivity contribution in [2.24, 2.45) is 0 Å². The summed E-state index contributed by atoms with van der Waals surface area (Å²) < 4.78 is 39.0. The highest BCUT2D eigenvalue weighted by Gasteiger charge is 2.27. The summed E-state index contributed by atoms with van der Waals surface area (Å²) >= 11 is 0. The number of nitrogens with one attached hydrogen (secondary N) is 1. The van der Waals surface area contributed by atoms with Crippen molar-refractivity contribution in [3.8, 4) is 11.5 Å². The standard InChI is InChI=1S/C23H30N2O5S/c1-3-21(30-18-11-7-6-8-12-18)23(26)24-20-17-19(13-14-22(20)29-2)31(27,28)25-15-9-4-5-10-16-25/h6-8,11-14,17,21H,3-5,9-10,15-16H2,1-2H3,(H,24,26)/t21-/m0/s1. The third-order valence-electron chi connectivity index (χ3n) is 5.32. The number of nitrogens with zero attached hydrogens (tertiary/aromatic N) is 1. The molecule has 1 saturated heterocycles. The quantitative estimate of drug-likeness (QED) is 0.661. The molecule has 2 aromatic rings. The molecule has 1 amide bonds. The molecule has 1 N–H and O–H groups in total. The number of para-hydroxylation sites is 1. The fourth-order valence-electron chi connectivity index (χ4n) is 3.58. The van der Waals surface area contributed by atoms with Gasteiger partial charge in [0.25, 0.3) is 5.91 Å². The van der Waals surface area contributed by atoms with Crippen LogP contribution < -0.4 is 14.8 Å². The Balaban J connectivity index is 1.82. The van der Waals surface area contributed by atoms with Crippen molar-refractivity contribution in [3.63, 3.8) is 0 Å². The van der Waals surface area contributed by atoms with E-state index in [1.54, 1.807) is 18.2 Å². The first-order valence-electron chi connectivity index (χ1n) is 10.7. The van der Waals surface area contributed by atoms with Gasteiger partial charge in [0, 0.05) is 13.1 Å². The molecule has 0 unspecified atom stereocenters. The molecule has 0 spiro atoms. The normalized spacial score (nSPS) is 16.2. The summed E-state index contributed by atoms with van der Waals surface area (Å²) in [6.07, 6.45) is 3.51. The van der Waals surface area contributed by atoms with Gasteiger partial charge in [-0.25, -0.2) is 8.42 Å². The first-order valence-corrected chi connectivity index (χ1v) is 12.1. The van der Waals surface area contributed by atoms with Gasteiger partial charge < -0.3 is 14.8 Å². The minimum absolute atomic E-state index is 0.141. The summed E-state index contributed by atoms with van der Waals surface area (Å²) in [6, 6.07) is 13.7. The fourth-order valence-corrected chi connectivity index (χ4v) is 5.12. The van der Waals surface area contributed by atoms with Crippen LogP contribution in [0.4, 0.5) is 5.69 Å². The van der Waals surface area contributed by atoms with Crippen LogP contribution in [0, 0.1) is 0 Å². The minimum atomic E-state index is -3.65. The van der Waals surface area contributed by atoms with E-state index in [1.807, 2.05) is 25.1 Å². The third kappa shape index (κ3) is 5.77. The fraction of sp³-hybridized carbons (Fsp3) is 0.435. The van der Waals surface area contributed by atoms with E-state index in [2.05, 4.69) is 5.32 Å². The SMILES string of the molecule is CC[C@H](Oc1ccccc1)C(=O)Nc1cc(S(=O)(=O)N2CCCCCC2)ccc1OC. The Kier molecular flexibility index (Phi) is 7.92. The van der Waals surface area contributed by atoms with E-state index < -0.39 is 16.1 Å². The van der Waals surface area contributed by atoms with Crippen LogP contribution in [0.5, 0.6) is 11.5 Å². The van der Waals surface area contributed by atoms with Gasteiger partial charge in [-0.2, -0.15) is 4.31 Å². The van der Waals surface area contributed by atoms with Crippen LogP contribution in [0.3, 0.4) is 0 Å². The van der Waals surface area contributed by atoms with Crippen molar-refractivity contribution >= 4 is 21.6 Å². The van der Waals surface area contributed by atoms with Gasteiger partial charge in [-0.1, -0.05) is 38.0 Å². The number of hydrogen-bond acceptors (Lipinski definition) is 5. The molecule has 2 aromatic carbocycles. The summed E-state index contributed by atoms with van der Waals surface area (Å²) in [4.78, 5) is 13.0. The van der Waals surface area contributed by atoms with E-state index in [0.717, 1.165) is 25.7 Å². The molecule has 0 aliphatic carbocycles. The lowest BCUT2D eigenvalue weighted by Gasteiger charge is -2.22. The predicted molar refractivity (Wildman–Crippen MR) is 120 cm³/mol. The summed E-state index contributed by atoms with van der Waals surface area (Å²) in [6.45, 7) is 2.88. The summed E-state index contributed by atoms with van der Waals surface area (Å²) in [5.74, 6) is 0.612. The van der Waals surface area contributed by atoms with Crippen LogP contribution in [0.2, 0.25) is 0 Å². The molecular formula is C23H30N2O5S. The van der Waals surface area contributed by atoms with Gasteiger partial charge in [0.15, 0.2) is 6.10 Å². The molecule has 1 heterocycles. The molecule has 0 radical (unpaired) electrons. The third-order valence-corrected chi connectivity index (χ3v) is 7.21. The van der Waals surface area contributed by atoms with E-state index >= 15 is 0 Å². The molecule has 31 heavy (non-hydrogen) atoms. The topological polar surface area (TPSA) is 84.9 Å². The number of rotatable bonds is 8. The number of carbonyl (C=O) groups excluding carboxylic acids is 1. The molecule has 1 aliphatic rings.